The zero-order valence-corrected chi connectivity index (χ0v) is 9.72. The van der Waals surface area contributed by atoms with E-state index in [4.69, 9.17) is 11.6 Å². The van der Waals surface area contributed by atoms with Crippen LogP contribution in [0.1, 0.15) is 0 Å². The standard InChI is InChI=1S/C14H9ClN2/c15-14-8-12(10-4-2-1-3-5-10)11-6-7-16-9-13(11)17-14/h1-9H. The lowest BCUT2D eigenvalue weighted by atomic mass is 10.0. The Bertz CT molecular complexity index is 665. The van der Waals surface area contributed by atoms with Crippen molar-refractivity contribution in [3.63, 3.8) is 0 Å². The number of pyridine rings is 2. The third-order valence-corrected chi connectivity index (χ3v) is 2.86. The van der Waals surface area contributed by atoms with E-state index in [1.165, 1.54) is 0 Å². The first-order valence-electron chi connectivity index (χ1n) is 5.30. The Labute approximate surface area is 104 Å². The third kappa shape index (κ3) is 1.87. The molecule has 17 heavy (non-hydrogen) atoms. The van der Waals surface area contributed by atoms with Gasteiger partial charge in [-0.1, -0.05) is 41.9 Å². The minimum Gasteiger partial charge on any atom is -0.262 e. The van der Waals surface area contributed by atoms with Gasteiger partial charge in [-0.2, -0.15) is 0 Å². The van der Waals surface area contributed by atoms with Crippen molar-refractivity contribution >= 4 is 22.5 Å². The number of benzene rings is 1. The smallest absolute Gasteiger partial charge is 0.130 e. The molecule has 0 saturated heterocycles. The summed E-state index contributed by atoms with van der Waals surface area (Å²) in [5, 5.41) is 1.56. The van der Waals surface area contributed by atoms with Crippen molar-refractivity contribution in [3.05, 3.63) is 60.0 Å². The molecule has 0 aliphatic heterocycles. The average Bonchev–Trinajstić information content (AvgIpc) is 2.39. The first kappa shape index (κ1) is 10.2. The third-order valence-electron chi connectivity index (χ3n) is 2.67. The largest absolute Gasteiger partial charge is 0.262 e. The van der Waals surface area contributed by atoms with Crippen LogP contribution in [-0.2, 0) is 0 Å². The molecule has 0 bridgehead atoms. The lowest BCUT2D eigenvalue weighted by Crippen LogP contribution is -1.86. The average molecular weight is 241 g/mol. The van der Waals surface area contributed by atoms with Gasteiger partial charge in [-0.05, 0) is 23.3 Å². The monoisotopic (exact) mass is 240 g/mol. The van der Waals surface area contributed by atoms with Gasteiger partial charge in [0.25, 0.3) is 0 Å². The molecule has 3 heteroatoms. The Morgan fingerprint density at radius 1 is 1.00 bits per heavy atom. The molecule has 0 N–H and O–H groups in total. The van der Waals surface area contributed by atoms with Gasteiger partial charge in [0, 0.05) is 11.6 Å². The summed E-state index contributed by atoms with van der Waals surface area (Å²) in [6, 6.07) is 14.0. The second kappa shape index (κ2) is 4.15. The number of nitrogens with zero attached hydrogens (tertiary/aromatic N) is 2. The topological polar surface area (TPSA) is 25.8 Å². The highest BCUT2D eigenvalue weighted by Gasteiger charge is 2.06. The first-order valence-corrected chi connectivity index (χ1v) is 5.68. The molecule has 0 aliphatic carbocycles. The van der Waals surface area contributed by atoms with E-state index in [0.717, 1.165) is 22.0 Å². The first-order chi connectivity index (χ1) is 8.34. The number of halogens is 1. The highest BCUT2D eigenvalue weighted by molar-refractivity contribution is 6.30. The molecular formula is C14H9ClN2. The summed E-state index contributed by atoms with van der Waals surface area (Å²) in [5.74, 6) is 0. The SMILES string of the molecule is Clc1cc(-c2ccccc2)c2ccncc2n1. The fraction of sp³-hybridized carbons (Fsp3) is 0. The Balaban J connectivity index is 2.36. The molecule has 82 valence electrons. The van der Waals surface area contributed by atoms with Crippen molar-refractivity contribution in [2.45, 2.75) is 0 Å². The molecule has 0 fully saturated rings. The Kier molecular flexibility index (Phi) is 2.50. The van der Waals surface area contributed by atoms with Crippen molar-refractivity contribution in [2.24, 2.45) is 0 Å². The summed E-state index contributed by atoms with van der Waals surface area (Å²) in [4.78, 5) is 8.33. The zero-order valence-electron chi connectivity index (χ0n) is 8.97. The normalized spacial score (nSPS) is 10.6. The van der Waals surface area contributed by atoms with Crippen molar-refractivity contribution in [3.8, 4) is 11.1 Å². The maximum Gasteiger partial charge on any atom is 0.130 e. The number of hydrogen-bond donors (Lipinski definition) is 0. The zero-order chi connectivity index (χ0) is 11.7. The van der Waals surface area contributed by atoms with Gasteiger partial charge < -0.3 is 0 Å². The molecule has 0 spiro atoms. The van der Waals surface area contributed by atoms with E-state index in [9.17, 15) is 0 Å². The van der Waals surface area contributed by atoms with E-state index in [0.29, 0.717) is 5.15 Å². The van der Waals surface area contributed by atoms with Crippen LogP contribution >= 0.6 is 11.6 Å². The van der Waals surface area contributed by atoms with Crippen LogP contribution in [0.4, 0.5) is 0 Å². The number of fused-ring (bicyclic) bond motifs is 1. The lowest BCUT2D eigenvalue weighted by Gasteiger charge is -2.06. The van der Waals surface area contributed by atoms with Gasteiger partial charge >= 0.3 is 0 Å². The Morgan fingerprint density at radius 2 is 1.82 bits per heavy atom. The molecule has 1 aromatic carbocycles. The van der Waals surface area contributed by atoms with E-state index in [1.54, 1.807) is 12.4 Å². The Morgan fingerprint density at radius 3 is 2.65 bits per heavy atom. The molecule has 2 aromatic heterocycles. The summed E-state index contributed by atoms with van der Waals surface area (Å²) in [6.45, 7) is 0. The van der Waals surface area contributed by atoms with Gasteiger partial charge in [0.15, 0.2) is 0 Å². The minimum absolute atomic E-state index is 0.490. The van der Waals surface area contributed by atoms with E-state index in [-0.39, 0.29) is 0 Å². The van der Waals surface area contributed by atoms with Crippen molar-refractivity contribution in [2.75, 3.05) is 0 Å². The molecule has 3 aromatic rings. The lowest BCUT2D eigenvalue weighted by molar-refractivity contribution is 1.31. The van der Waals surface area contributed by atoms with E-state index >= 15 is 0 Å². The van der Waals surface area contributed by atoms with Gasteiger partial charge in [0.2, 0.25) is 0 Å². The van der Waals surface area contributed by atoms with Crippen LogP contribution in [0.5, 0.6) is 0 Å². The molecule has 2 heterocycles. The van der Waals surface area contributed by atoms with Crippen molar-refractivity contribution < 1.29 is 0 Å². The van der Waals surface area contributed by atoms with E-state index in [1.807, 2.05) is 30.3 Å². The van der Waals surface area contributed by atoms with Crippen molar-refractivity contribution in [1.29, 1.82) is 0 Å². The van der Waals surface area contributed by atoms with Gasteiger partial charge in [-0.3, -0.25) is 4.98 Å². The van der Waals surface area contributed by atoms with Gasteiger partial charge in [0.1, 0.15) is 5.15 Å². The molecule has 0 amide bonds. The molecule has 0 saturated carbocycles. The summed E-state index contributed by atoms with van der Waals surface area (Å²) in [6.07, 6.45) is 3.50. The maximum absolute atomic E-state index is 6.03. The fourth-order valence-electron chi connectivity index (χ4n) is 1.90. The highest BCUT2D eigenvalue weighted by atomic mass is 35.5. The molecular weight excluding hydrogens is 232 g/mol. The molecule has 2 nitrogen and oxygen atoms in total. The molecule has 3 rings (SSSR count). The van der Waals surface area contributed by atoms with Crippen LogP contribution < -0.4 is 0 Å². The molecule has 0 unspecified atom stereocenters. The maximum atomic E-state index is 6.03. The van der Waals surface area contributed by atoms with Crippen LogP contribution in [0.25, 0.3) is 22.0 Å². The van der Waals surface area contributed by atoms with Crippen molar-refractivity contribution in [1.82, 2.24) is 9.97 Å². The summed E-state index contributed by atoms with van der Waals surface area (Å²) >= 11 is 6.03. The summed E-state index contributed by atoms with van der Waals surface area (Å²) in [5.41, 5.74) is 3.04. The van der Waals surface area contributed by atoms with Crippen LogP contribution in [-0.4, -0.2) is 9.97 Å². The van der Waals surface area contributed by atoms with Crippen LogP contribution in [0.15, 0.2) is 54.9 Å². The predicted molar refractivity (Wildman–Crippen MR) is 70.0 cm³/mol. The van der Waals surface area contributed by atoms with Gasteiger partial charge in [-0.15, -0.1) is 0 Å². The fourth-order valence-corrected chi connectivity index (χ4v) is 2.10. The highest BCUT2D eigenvalue weighted by Crippen LogP contribution is 2.29. The minimum atomic E-state index is 0.490. The number of aromatic nitrogens is 2. The van der Waals surface area contributed by atoms with Crippen LogP contribution in [0, 0.1) is 0 Å². The second-order valence-electron chi connectivity index (χ2n) is 3.75. The Hall–Kier alpha value is -1.93. The van der Waals surface area contributed by atoms with Gasteiger partial charge in [-0.25, -0.2) is 4.98 Å². The van der Waals surface area contributed by atoms with Gasteiger partial charge in [0.05, 0.1) is 11.7 Å². The van der Waals surface area contributed by atoms with E-state index < -0.39 is 0 Å². The number of rotatable bonds is 1. The van der Waals surface area contributed by atoms with Crippen LogP contribution in [0.3, 0.4) is 0 Å². The number of hydrogen-bond acceptors (Lipinski definition) is 2. The predicted octanol–water partition coefficient (Wildman–Crippen LogP) is 3.95. The van der Waals surface area contributed by atoms with E-state index in [2.05, 4.69) is 22.1 Å². The summed E-state index contributed by atoms with van der Waals surface area (Å²) < 4.78 is 0. The summed E-state index contributed by atoms with van der Waals surface area (Å²) in [7, 11) is 0. The van der Waals surface area contributed by atoms with Crippen LogP contribution in [0.2, 0.25) is 5.15 Å². The second-order valence-corrected chi connectivity index (χ2v) is 4.14. The molecule has 0 atom stereocenters. The molecule has 0 aliphatic rings. The molecule has 0 radical (unpaired) electrons. The quantitative estimate of drug-likeness (QED) is 0.602.